The number of carbonyl (C=O) groups is 2. The van der Waals surface area contributed by atoms with Gasteiger partial charge in [0.25, 0.3) is 0 Å². The van der Waals surface area contributed by atoms with Gasteiger partial charge in [0.1, 0.15) is 5.76 Å². The van der Waals surface area contributed by atoms with E-state index in [1.54, 1.807) is 54.6 Å². The third-order valence-electron chi connectivity index (χ3n) is 4.48. The first-order valence-electron chi connectivity index (χ1n) is 8.39. The third kappa shape index (κ3) is 3.21. The van der Waals surface area contributed by atoms with Crippen molar-refractivity contribution in [3.05, 3.63) is 93.4 Å². The number of rotatable bonds is 4. The van der Waals surface area contributed by atoms with Crippen LogP contribution in [0.2, 0.25) is 5.02 Å². The summed E-state index contributed by atoms with van der Waals surface area (Å²) < 4.78 is 5.71. The predicted molar refractivity (Wildman–Crippen MR) is 98.9 cm³/mol. The van der Waals surface area contributed by atoms with Gasteiger partial charge in [0.2, 0.25) is 5.78 Å². The molecule has 1 aliphatic heterocycles. The van der Waals surface area contributed by atoms with Crippen LogP contribution in [0.1, 0.15) is 43.4 Å². The lowest BCUT2D eigenvalue weighted by atomic mass is 10.0. The van der Waals surface area contributed by atoms with Crippen LogP contribution in [0.25, 0.3) is 0 Å². The van der Waals surface area contributed by atoms with Crippen molar-refractivity contribution in [1.82, 2.24) is 5.32 Å². The van der Waals surface area contributed by atoms with Crippen molar-refractivity contribution in [2.24, 2.45) is 0 Å². The van der Waals surface area contributed by atoms with Gasteiger partial charge in [0.15, 0.2) is 11.5 Å². The van der Waals surface area contributed by atoms with Crippen LogP contribution in [0.5, 0.6) is 0 Å². The first-order valence-corrected chi connectivity index (χ1v) is 8.77. The number of hydrogen-bond acceptors (Lipinski definition) is 4. The molecule has 0 amide bonds. The molecule has 0 bridgehead atoms. The number of benzene rings is 2. The quantitative estimate of drug-likeness (QED) is 0.709. The summed E-state index contributed by atoms with van der Waals surface area (Å²) in [5.74, 6) is 0.933. The lowest BCUT2D eigenvalue weighted by Crippen LogP contribution is -2.22. The van der Waals surface area contributed by atoms with E-state index in [1.165, 1.54) is 0 Å². The van der Waals surface area contributed by atoms with Crippen LogP contribution >= 0.6 is 11.6 Å². The topological polar surface area (TPSA) is 59.3 Å². The number of hydrogen-bond donors (Lipinski definition) is 1. The Kier molecular flexibility index (Phi) is 4.45. The first kappa shape index (κ1) is 16.8. The van der Waals surface area contributed by atoms with Crippen LogP contribution in [-0.4, -0.2) is 18.1 Å². The van der Waals surface area contributed by atoms with E-state index in [0.29, 0.717) is 27.5 Å². The van der Waals surface area contributed by atoms with E-state index < -0.39 is 0 Å². The van der Waals surface area contributed by atoms with E-state index in [2.05, 4.69) is 5.32 Å². The smallest absolute Gasteiger partial charge is 0.228 e. The normalized spacial score (nSPS) is 13.3. The van der Waals surface area contributed by atoms with E-state index in [0.717, 1.165) is 30.8 Å². The highest BCUT2D eigenvalue weighted by atomic mass is 35.5. The average molecular weight is 366 g/mol. The molecule has 0 spiro atoms. The van der Waals surface area contributed by atoms with Crippen molar-refractivity contribution in [1.29, 1.82) is 0 Å². The van der Waals surface area contributed by atoms with Gasteiger partial charge in [-0.15, -0.1) is 0 Å². The molecule has 4 rings (SSSR count). The molecule has 0 saturated carbocycles. The molecule has 2 heterocycles. The summed E-state index contributed by atoms with van der Waals surface area (Å²) in [4.78, 5) is 25.1. The van der Waals surface area contributed by atoms with Crippen LogP contribution in [0.3, 0.4) is 0 Å². The monoisotopic (exact) mass is 365 g/mol. The van der Waals surface area contributed by atoms with Gasteiger partial charge in [-0.05, 0) is 30.3 Å². The molecule has 130 valence electrons. The highest BCUT2D eigenvalue weighted by molar-refractivity contribution is 6.30. The van der Waals surface area contributed by atoms with Crippen molar-refractivity contribution in [2.45, 2.75) is 13.0 Å². The van der Waals surface area contributed by atoms with Crippen molar-refractivity contribution >= 4 is 23.2 Å². The zero-order chi connectivity index (χ0) is 18.1. The van der Waals surface area contributed by atoms with Crippen molar-refractivity contribution in [3.63, 3.8) is 0 Å². The van der Waals surface area contributed by atoms with Gasteiger partial charge in [0, 0.05) is 46.8 Å². The Morgan fingerprint density at radius 2 is 1.46 bits per heavy atom. The predicted octanol–water partition coefficient (Wildman–Crippen LogP) is 4.04. The number of fused-ring (bicyclic) bond motifs is 1. The minimum atomic E-state index is -0.176. The SMILES string of the molecule is O=C(c1ccc(Cl)cc1)c1ccc(C(=O)c2cc3c(o2)CCNC3)cc1. The average Bonchev–Trinajstić information content (AvgIpc) is 3.12. The van der Waals surface area contributed by atoms with Gasteiger partial charge in [-0.2, -0.15) is 0 Å². The van der Waals surface area contributed by atoms with Crippen LogP contribution in [-0.2, 0) is 13.0 Å². The second-order valence-corrected chi connectivity index (χ2v) is 6.66. The Labute approximate surface area is 155 Å². The van der Waals surface area contributed by atoms with Crippen LogP contribution in [0.4, 0.5) is 0 Å². The summed E-state index contributed by atoms with van der Waals surface area (Å²) in [6.45, 7) is 1.58. The van der Waals surface area contributed by atoms with Gasteiger partial charge in [0.05, 0.1) is 0 Å². The number of nitrogens with one attached hydrogen (secondary N) is 1. The molecule has 0 saturated heterocycles. The van der Waals surface area contributed by atoms with Gasteiger partial charge >= 0.3 is 0 Å². The van der Waals surface area contributed by atoms with E-state index in [1.807, 2.05) is 0 Å². The number of halogens is 1. The lowest BCUT2D eigenvalue weighted by Gasteiger charge is -2.09. The zero-order valence-electron chi connectivity index (χ0n) is 13.9. The molecule has 1 aromatic heterocycles. The summed E-state index contributed by atoms with van der Waals surface area (Å²) in [6, 6.07) is 15.2. The Morgan fingerprint density at radius 3 is 2.08 bits per heavy atom. The fourth-order valence-corrected chi connectivity index (χ4v) is 3.17. The molecule has 0 radical (unpaired) electrons. The van der Waals surface area contributed by atoms with Crippen LogP contribution in [0, 0.1) is 0 Å². The number of furan rings is 1. The van der Waals surface area contributed by atoms with E-state index >= 15 is 0 Å². The summed E-state index contributed by atoms with van der Waals surface area (Å²) in [6.07, 6.45) is 0.789. The fraction of sp³-hybridized carbons (Fsp3) is 0.143. The minimum Gasteiger partial charge on any atom is -0.457 e. The Bertz CT molecular complexity index is 948. The van der Waals surface area contributed by atoms with Crippen LogP contribution in [0.15, 0.2) is 59.0 Å². The van der Waals surface area contributed by atoms with E-state index in [4.69, 9.17) is 16.0 Å². The van der Waals surface area contributed by atoms with E-state index in [9.17, 15) is 9.59 Å². The molecule has 2 aromatic carbocycles. The van der Waals surface area contributed by atoms with Gasteiger partial charge in [-0.1, -0.05) is 35.9 Å². The van der Waals surface area contributed by atoms with Gasteiger partial charge in [-0.3, -0.25) is 9.59 Å². The molecule has 1 aliphatic rings. The van der Waals surface area contributed by atoms with Crippen LogP contribution < -0.4 is 5.32 Å². The second kappa shape index (κ2) is 6.90. The molecule has 4 nitrogen and oxygen atoms in total. The van der Waals surface area contributed by atoms with Gasteiger partial charge < -0.3 is 9.73 Å². The summed E-state index contributed by atoms with van der Waals surface area (Å²) in [5, 5.41) is 3.84. The maximum Gasteiger partial charge on any atom is 0.228 e. The zero-order valence-corrected chi connectivity index (χ0v) is 14.7. The number of carbonyl (C=O) groups excluding carboxylic acids is 2. The van der Waals surface area contributed by atoms with Crippen molar-refractivity contribution < 1.29 is 14.0 Å². The molecule has 5 heteroatoms. The highest BCUT2D eigenvalue weighted by Crippen LogP contribution is 2.22. The Hall–Kier alpha value is -2.69. The molecule has 0 atom stereocenters. The highest BCUT2D eigenvalue weighted by Gasteiger charge is 2.20. The maximum absolute atomic E-state index is 12.6. The molecule has 1 N–H and O–H groups in total. The Balaban J connectivity index is 1.55. The molecular formula is C21H16ClNO3. The Morgan fingerprint density at radius 1 is 0.885 bits per heavy atom. The first-order chi connectivity index (χ1) is 12.6. The fourth-order valence-electron chi connectivity index (χ4n) is 3.05. The standard InChI is InChI=1S/C21H16ClNO3/c22-17-7-5-14(6-8-17)20(24)13-1-3-15(4-2-13)21(25)19-11-16-12-23-10-9-18(16)26-19/h1-8,11,23H,9-10,12H2. The maximum atomic E-state index is 12.6. The molecule has 0 fully saturated rings. The molecule has 3 aromatic rings. The molecular weight excluding hydrogens is 350 g/mol. The van der Waals surface area contributed by atoms with Gasteiger partial charge in [-0.25, -0.2) is 0 Å². The minimum absolute atomic E-state index is 0.111. The third-order valence-corrected chi connectivity index (χ3v) is 4.73. The lowest BCUT2D eigenvalue weighted by molar-refractivity contribution is 0.100. The molecule has 0 aliphatic carbocycles. The summed E-state index contributed by atoms with van der Waals surface area (Å²) in [5.41, 5.74) is 2.61. The van der Waals surface area contributed by atoms with Crippen molar-refractivity contribution in [2.75, 3.05) is 6.54 Å². The largest absolute Gasteiger partial charge is 0.457 e. The van der Waals surface area contributed by atoms with Crippen molar-refractivity contribution in [3.8, 4) is 0 Å². The molecule has 0 unspecified atom stereocenters. The summed E-state index contributed by atoms with van der Waals surface area (Å²) in [7, 11) is 0. The summed E-state index contributed by atoms with van der Waals surface area (Å²) >= 11 is 5.85. The van der Waals surface area contributed by atoms with E-state index in [-0.39, 0.29) is 11.6 Å². The second-order valence-electron chi connectivity index (χ2n) is 6.23. The number of ketones is 2. The molecule has 26 heavy (non-hydrogen) atoms.